The normalized spacial score (nSPS) is 20.8. The Balaban J connectivity index is 2.36. The monoisotopic (exact) mass is 262 g/mol. The summed E-state index contributed by atoms with van der Waals surface area (Å²) < 4.78 is 5.47. The van der Waals surface area contributed by atoms with Crippen LogP contribution in [0.15, 0.2) is 12.1 Å². The lowest BCUT2D eigenvalue weighted by molar-refractivity contribution is 0.244. The fraction of sp³-hybridized carbons (Fsp3) is 0.625. The van der Waals surface area contributed by atoms with E-state index in [0.29, 0.717) is 12.1 Å². The Morgan fingerprint density at radius 2 is 1.89 bits per heavy atom. The number of aryl methyl sites for hydroxylation is 2. The second kappa shape index (κ2) is 5.93. The molecular weight excluding hydrogens is 236 g/mol. The molecule has 0 aliphatic carbocycles. The van der Waals surface area contributed by atoms with Gasteiger partial charge in [0.2, 0.25) is 0 Å². The summed E-state index contributed by atoms with van der Waals surface area (Å²) in [6.45, 7) is 5.40. The third kappa shape index (κ3) is 2.93. The summed E-state index contributed by atoms with van der Waals surface area (Å²) in [5, 5.41) is 3.63. The predicted molar refractivity (Wildman–Crippen MR) is 79.9 cm³/mol. The fourth-order valence-corrected chi connectivity index (χ4v) is 3.35. The van der Waals surface area contributed by atoms with E-state index in [-0.39, 0.29) is 0 Å². The summed E-state index contributed by atoms with van der Waals surface area (Å²) in [6, 6.07) is 5.54. The van der Waals surface area contributed by atoms with Crippen molar-refractivity contribution in [2.24, 2.45) is 0 Å². The maximum absolute atomic E-state index is 5.47. The number of methoxy groups -OCH3 is 1. The van der Waals surface area contributed by atoms with Crippen molar-refractivity contribution in [1.82, 2.24) is 10.2 Å². The summed E-state index contributed by atoms with van der Waals surface area (Å²) in [7, 11) is 6.08. The van der Waals surface area contributed by atoms with Gasteiger partial charge in [-0.25, -0.2) is 0 Å². The van der Waals surface area contributed by atoms with Gasteiger partial charge in [0.1, 0.15) is 5.75 Å². The molecule has 106 valence electrons. The third-order valence-corrected chi connectivity index (χ3v) is 4.06. The Morgan fingerprint density at radius 1 is 1.26 bits per heavy atom. The van der Waals surface area contributed by atoms with Gasteiger partial charge in [0.15, 0.2) is 0 Å². The number of nitrogens with zero attached hydrogens (tertiary/aromatic N) is 1. The second-order valence-corrected chi connectivity index (χ2v) is 5.80. The molecule has 0 radical (unpaired) electrons. The van der Waals surface area contributed by atoms with Crippen LogP contribution < -0.4 is 10.1 Å². The molecule has 3 nitrogen and oxygen atoms in total. The molecule has 2 unspecified atom stereocenters. The van der Waals surface area contributed by atoms with Gasteiger partial charge in [-0.15, -0.1) is 0 Å². The van der Waals surface area contributed by atoms with Crippen LogP contribution in [-0.2, 0) is 0 Å². The Hall–Kier alpha value is -1.06. The minimum Gasteiger partial charge on any atom is -0.496 e. The van der Waals surface area contributed by atoms with Crippen molar-refractivity contribution < 1.29 is 4.74 Å². The minimum atomic E-state index is 0.436. The second-order valence-electron chi connectivity index (χ2n) is 5.80. The molecule has 1 fully saturated rings. The molecule has 19 heavy (non-hydrogen) atoms. The first-order valence-electron chi connectivity index (χ1n) is 7.09. The highest BCUT2D eigenvalue weighted by molar-refractivity contribution is 5.44. The molecule has 2 rings (SSSR count). The van der Waals surface area contributed by atoms with Crippen LogP contribution in [0.25, 0.3) is 0 Å². The van der Waals surface area contributed by atoms with Gasteiger partial charge in [0.05, 0.1) is 7.11 Å². The van der Waals surface area contributed by atoms with Gasteiger partial charge in [0, 0.05) is 12.1 Å². The van der Waals surface area contributed by atoms with Gasteiger partial charge in [-0.3, -0.25) is 0 Å². The van der Waals surface area contributed by atoms with Crippen LogP contribution in [0.5, 0.6) is 5.75 Å². The Labute approximate surface area is 116 Å². The Morgan fingerprint density at radius 3 is 2.32 bits per heavy atom. The lowest BCUT2D eigenvalue weighted by atomic mass is 9.93. The predicted octanol–water partition coefficient (Wildman–Crippen LogP) is 2.67. The van der Waals surface area contributed by atoms with Crippen LogP contribution in [0.3, 0.4) is 0 Å². The minimum absolute atomic E-state index is 0.436. The van der Waals surface area contributed by atoms with Crippen LogP contribution in [-0.4, -0.2) is 38.7 Å². The topological polar surface area (TPSA) is 24.5 Å². The molecule has 2 atom stereocenters. The molecule has 1 aliphatic heterocycles. The summed E-state index contributed by atoms with van der Waals surface area (Å²) in [5.41, 5.74) is 3.84. The number of rotatable bonds is 4. The molecule has 0 saturated carbocycles. The van der Waals surface area contributed by atoms with Gasteiger partial charge < -0.3 is 15.0 Å². The van der Waals surface area contributed by atoms with E-state index in [1.165, 1.54) is 29.5 Å². The van der Waals surface area contributed by atoms with Gasteiger partial charge in [-0.05, 0) is 64.0 Å². The largest absolute Gasteiger partial charge is 0.496 e. The van der Waals surface area contributed by atoms with E-state index in [4.69, 9.17) is 4.74 Å². The smallest absolute Gasteiger partial charge is 0.124 e. The highest BCUT2D eigenvalue weighted by Gasteiger charge is 2.28. The summed E-state index contributed by atoms with van der Waals surface area (Å²) in [5.74, 6) is 1.01. The average molecular weight is 262 g/mol. The molecular formula is C16H26N2O. The molecule has 1 saturated heterocycles. The van der Waals surface area contributed by atoms with Crippen molar-refractivity contribution in [3.05, 3.63) is 28.8 Å². The van der Waals surface area contributed by atoms with Crippen molar-refractivity contribution in [2.75, 3.05) is 27.7 Å². The third-order valence-electron chi connectivity index (χ3n) is 4.06. The van der Waals surface area contributed by atoms with Crippen molar-refractivity contribution >= 4 is 0 Å². The van der Waals surface area contributed by atoms with Crippen molar-refractivity contribution in [3.8, 4) is 5.75 Å². The first-order valence-corrected chi connectivity index (χ1v) is 7.09. The standard InChI is InChI=1S/C16H26N2O/c1-11-9-13(10-12(2)16(11)19-5)15(18(3)4)14-7-6-8-17-14/h9-10,14-15,17H,6-8H2,1-5H3. The van der Waals surface area contributed by atoms with Gasteiger partial charge >= 0.3 is 0 Å². The van der Waals surface area contributed by atoms with E-state index >= 15 is 0 Å². The lowest BCUT2D eigenvalue weighted by Gasteiger charge is -2.31. The summed E-state index contributed by atoms with van der Waals surface area (Å²) in [6.07, 6.45) is 2.54. The van der Waals surface area contributed by atoms with E-state index in [1.807, 2.05) is 0 Å². The quantitative estimate of drug-likeness (QED) is 0.903. The fourth-order valence-electron chi connectivity index (χ4n) is 3.35. The van der Waals surface area contributed by atoms with Crippen LogP contribution in [0.4, 0.5) is 0 Å². The molecule has 0 spiro atoms. The lowest BCUT2D eigenvalue weighted by Crippen LogP contribution is -2.37. The van der Waals surface area contributed by atoms with Crippen LogP contribution >= 0.6 is 0 Å². The van der Waals surface area contributed by atoms with E-state index in [0.717, 1.165) is 12.3 Å². The number of hydrogen-bond donors (Lipinski definition) is 1. The summed E-state index contributed by atoms with van der Waals surface area (Å²) in [4.78, 5) is 2.32. The van der Waals surface area contributed by atoms with E-state index in [9.17, 15) is 0 Å². The molecule has 1 aliphatic rings. The zero-order valence-corrected chi connectivity index (χ0v) is 12.8. The molecule has 0 bridgehead atoms. The van der Waals surface area contributed by atoms with Crippen molar-refractivity contribution in [1.29, 1.82) is 0 Å². The van der Waals surface area contributed by atoms with Crippen molar-refractivity contribution in [3.63, 3.8) is 0 Å². The number of hydrogen-bond acceptors (Lipinski definition) is 3. The molecule has 3 heteroatoms. The maximum atomic E-state index is 5.47. The molecule has 0 amide bonds. The molecule has 1 aromatic rings. The molecule has 1 aromatic carbocycles. The molecule has 1 heterocycles. The molecule has 0 aromatic heterocycles. The first-order chi connectivity index (χ1) is 9.04. The van der Waals surface area contributed by atoms with Crippen LogP contribution in [0, 0.1) is 13.8 Å². The van der Waals surface area contributed by atoms with Crippen molar-refractivity contribution in [2.45, 2.75) is 38.8 Å². The Bertz CT molecular complexity index is 413. The van der Waals surface area contributed by atoms with Crippen LogP contribution in [0.2, 0.25) is 0 Å². The van der Waals surface area contributed by atoms with E-state index < -0.39 is 0 Å². The SMILES string of the molecule is COc1c(C)cc(C(C2CCCN2)N(C)C)cc1C. The number of likely N-dealkylation sites (N-methyl/N-ethyl adjacent to an activating group) is 1. The number of nitrogens with one attached hydrogen (secondary N) is 1. The zero-order chi connectivity index (χ0) is 14.0. The maximum Gasteiger partial charge on any atom is 0.124 e. The van der Waals surface area contributed by atoms with Gasteiger partial charge in [0.25, 0.3) is 0 Å². The number of benzene rings is 1. The summed E-state index contributed by atoms with van der Waals surface area (Å²) >= 11 is 0. The first kappa shape index (κ1) is 14.4. The Kier molecular flexibility index (Phi) is 4.48. The van der Waals surface area contributed by atoms with E-state index in [1.54, 1.807) is 7.11 Å². The number of ether oxygens (including phenoxy) is 1. The van der Waals surface area contributed by atoms with Gasteiger partial charge in [-0.1, -0.05) is 12.1 Å². The highest BCUT2D eigenvalue weighted by Crippen LogP contribution is 2.32. The highest BCUT2D eigenvalue weighted by atomic mass is 16.5. The zero-order valence-electron chi connectivity index (χ0n) is 12.8. The van der Waals surface area contributed by atoms with E-state index in [2.05, 4.69) is 50.3 Å². The van der Waals surface area contributed by atoms with Crippen LogP contribution in [0.1, 0.15) is 35.6 Å². The van der Waals surface area contributed by atoms with Gasteiger partial charge in [-0.2, -0.15) is 0 Å². The average Bonchev–Trinajstić information content (AvgIpc) is 2.82. The molecule has 1 N–H and O–H groups in total.